The molecule has 0 saturated heterocycles. The lowest BCUT2D eigenvalue weighted by atomic mass is 10.3. The maximum Gasteiger partial charge on any atom is 0.263 e. The standard InChI is InChI=1S/C11H6BrCl2FN2O2S/c12-8-3-6(15)4-9(13)11(8)17-20(18,19)7-1-2-10(14)16-5-7/h1-5,17H. The van der Waals surface area contributed by atoms with Crippen molar-refractivity contribution in [3.8, 4) is 0 Å². The predicted octanol–water partition coefficient (Wildman–Crippen LogP) is 4.09. The number of nitrogens with one attached hydrogen (secondary N) is 1. The van der Waals surface area contributed by atoms with Gasteiger partial charge in [0.15, 0.2) is 0 Å². The Morgan fingerprint density at radius 2 is 1.95 bits per heavy atom. The van der Waals surface area contributed by atoms with Gasteiger partial charge in [-0.3, -0.25) is 4.72 Å². The molecule has 1 N–H and O–H groups in total. The molecule has 4 nitrogen and oxygen atoms in total. The first-order valence-corrected chi connectivity index (χ1v) is 8.12. The molecule has 0 atom stereocenters. The summed E-state index contributed by atoms with van der Waals surface area (Å²) >= 11 is 14.5. The highest BCUT2D eigenvalue weighted by Gasteiger charge is 2.18. The number of hydrogen-bond donors (Lipinski definition) is 1. The first kappa shape index (κ1) is 15.5. The Hall–Kier alpha value is -0.890. The number of hydrogen-bond acceptors (Lipinski definition) is 3. The molecular weight excluding hydrogens is 394 g/mol. The summed E-state index contributed by atoms with van der Waals surface area (Å²) in [4.78, 5) is 3.60. The van der Waals surface area contributed by atoms with Gasteiger partial charge in [-0.1, -0.05) is 23.2 Å². The molecule has 20 heavy (non-hydrogen) atoms. The quantitative estimate of drug-likeness (QED) is 0.790. The Balaban J connectivity index is 2.41. The van der Waals surface area contributed by atoms with Crippen molar-refractivity contribution in [2.75, 3.05) is 4.72 Å². The second-order valence-electron chi connectivity index (χ2n) is 3.67. The lowest BCUT2D eigenvalue weighted by Gasteiger charge is -2.11. The van der Waals surface area contributed by atoms with E-state index in [-0.39, 0.29) is 25.2 Å². The summed E-state index contributed by atoms with van der Waals surface area (Å²) in [6.45, 7) is 0. The van der Waals surface area contributed by atoms with Crippen molar-refractivity contribution in [3.63, 3.8) is 0 Å². The number of rotatable bonds is 3. The van der Waals surface area contributed by atoms with E-state index in [1.54, 1.807) is 0 Å². The molecule has 0 aliphatic carbocycles. The van der Waals surface area contributed by atoms with Crippen LogP contribution in [0.15, 0.2) is 39.8 Å². The molecule has 0 bridgehead atoms. The monoisotopic (exact) mass is 398 g/mol. The van der Waals surface area contributed by atoms with Crippen LogP contribution in [0.3, 0.4) is 0 Å². The molecule has 1 aromatic heterocycles. The fraction of sp³-hybridized carbons (Fsp3) is 0. The van der Waals surface area contributed by atoms with E-state index in [0.29, 0.717) is 0 Å². The molecule has 0 unspecified atom stereocenters. The van der Waals surface area contributed by atoms with Crippen LogP contribution < -0.4 is 4.72 Å². The fourth-order valence-corrected chi connectivity index (χ4v) is 3.60. The topological polar surface area (TPSA) is 59.1 Å². The van der Waals surface area contributed by atoms with Crippen LogP contribution in [0.4, 0.5) is 10.1 Å². The molecule has 0 aliphatic heterocycles. The van der Waals surface area contributed by atoms with Crippen LogP contribution in [0.5, 0.6) is 0 Å². The molecular formula is C11H6BrCl2FN2O2S. The van der Waals surface area contributed by atoms with Crippen molar-refractivity contribution in [2.24, 2.45) is 0 Å². The fourth-order valence-electron chi connectivity index (χ4n) is 1.35. The highest BCUT2D eigenvalue weighted by atomic mass is 79.9. The van der Waals surface area contributed by atoms with E-state index in [4.69, 9.17) is 23.2 Å². The Morgan fingerprint density at radius 1 is 1.25 bits per heavy atom. The second-order valence-corrected chi connectivity index (χ2v) is 7.00. The van der Waals surface area contributed by atoms with Crippen LogP contribution >= 0.6 is 39.1 Å². The van der Waals surface area contributed by atoms with E-state index in [1.165, 1.54) is 12.1 Å². The van der Waals surface area contributed by atoms with Crippen LogP contribution in [-0.2, 0) is 10.0 Å². The van der Waals surface area contributed by atoms with E-state index in [2.05, 4.69) is 25.6 Å². The van der Waals surface area contributed by atoms with Crippen molar-refractivity contribution < 1.29 is 12.8 Å². The summed E-state index contributed by atoms with van der Waals surface area (Å²) in [6, 6.07) is 4.74. The van der Waals surface area contributed by atoms with Gasteiger partial charge < -0.3 is 0 Å². The number of pyridine rings is 1. The lowest BCUT2D eigenvalue weighted by Crippen LogP contribution is -2.14. The molecule has 1 heterocycles. The van der Waals surface area contributed by atoms with Gasteiger partial charge in [0.05, 0.1) is 10.7 Å². The van der Waals surface area contributed by atoms with E-state index >= 15 is 0 Å². The number of halogens is 4. The van der Waals surface area contributed by atoms with Gasteiger partial charge in [-0.05, 0) is 40.2 Å². The molecule has 0 aliphatic rings. The average molecular weight is 400 g/mol. The third-order valence-corrected chi connectivity index (χ3v) is 4.74. The minimum Gasteiger partial charge on any atom is -0.277 e. The molecule has 0 amide bonds. The van der Waals surface area contributed by atoms with E-state index in [9.17, 15) is 12.8 Å². The highest BCUT2D eigenvalue weighted by molar-refractivity contribution is 9.10. The molecule has 0 fully saturated rings. The minimum atomic E-state index is -3.90. The van der Waals surface area contributed by atoms with Gasteiger partial charge in [-0.25, -0.2) is 17.8 Å². The molecule has 2 aromatic rings. The number of sulfonamides is 1. The van der Waals surface area contributed by atoms with Crippen molar-refractivity contribution in [3.05, 3.63) is 50.9 Å². The van der Waals surface area contributed by atoms with Gasteiger partial charge in [0.2, 0.25) is 0 Å². The minimum absolute atomic E-state index is 0.0445. The van der Waals surface area contributed by atoms with Crippen LogP contribution in [-0.4, -0.2) is 13.4 Å². The van der Waals surface area contributed by atoms with Crippen LogP contribution in [0.2, 0.25) is 10.2 Å². The highest BCUT2D eigenvalue weighted by Crippen LogP contribution is 2.33. The second kappa shape index (κ2) is 5.85. The van der Waals surface area contributed by atoms with Crippen molar-refractivity contribution in [2.45, 2.75) is 4.90 Å². The smallest absolute Gasteiger partial charge is 0.263 e. The normalized spacial score (nSPS) is 11.4. The zero-order chi connectivity index (χ0) is 14.9. The van der Waals surface area contributed by atoms with Gasteiger partial charge >= 0.3 is 0 Å². The summed E-state index contributed by atoms with van der Waals surface area (Å²) in [7, 11) is -3.90. The van der Waals surface area contributed by atoms with Gasteiger partial charge in [-0.15, -0.1) is 0 Å². The first-order chi connectivity index (χ1) is 9.29. The molecule has 0 saturated carbocycles. The molecule has 1 aromatic carbocycles. The Morgan fingerprint density at radius 3 is 2.50 bits per heavy atom. The summed E-state index contributed by atoms with van der Waals surface area (Å²) in [6.07, 6.45) is 1.11. The third kappa shape index (κ3) is 3.41. The van der Waals surface area contributed by atoms with Crippen LogP contribution in [0.1, 0.15) is 0 Å². The zero-order valence-corrected chi connectivity index (χ0v) is 13.5. The van der Waals surface area contributed by atoms with Crippen molar-refractivity contribution in [1.29, 1.82) is 0 Å². The number of aromatic nitrogens is 1. The van der Waals surface area contributed by atoms with E-state index in [1.807, 2.05) is 0 Å². The molecule has 9 heteroatoms. The predicted molar refractivity (Wildman–Crippen MR) is 79.2 cm³/mol. The summed E-state index contributed by atoms with van der Waals surface area (Å²) < 4.78 is 39.8. The molecule has 2 rings (SSSR count). The van der Waals surface area contributed by atoms with E-state index in [0.717, 1.165) is 18.3 Å². The SMILES string of the molecule is O=S(=O)(Nc1c(Cl)cc(F)cc1Br)c1ccc(Cl)nc1. The molecule has 0 radical (unpaired) electrons. The third-order valence-electron chi connectivity index (χ3n) is 2.25. The van der Waals surface area contributed by atoms with Gasteiger partial charge in [-0.2, -0.15) is 0 Å². The van der Waals surface area contributed by atoms with Crippen molar-refractivity contribution >= 4 is 54.8 Å². The van der Waals surface area contributed by atoms with Crippen LogP contribution in [0.25, 0.3) is 0 Å². The number of benzene rings is 1. The summed E-state index contributed by atoms with van der Waals surface area (Å²) in [5, 5.41) is 0.104. The lowest BCUT2D eigenvalue weighted by molar-refractivity contribution is 0.600. The molecule has 0 spiro atoms. The summed E-state index contributed by atoms with van der Waals surface area (Å²) in [5.74, 6) is -0.585. The van der Waals surface area contributed by atoms with Gasteiger partial charge in [0, 0.05) is 10.7 Å². The number of nitrogens with zero attached hydrogens (tertiary/aromatic N) is 1. The van der Waals surface area contributed by atoms with Crippen LogP contribution in [0, 0.1) is 5.82 Å². The largest absolute Gasteiger partial charge is 0.277 e. The van der Waals surface area contributed by atoms with E-state index < -0.39 is 15.8 Å². The summed E-state index contributed by atoms with van der Waals surface area (Å²) in [5.41, 5.74) is 0.0445. The average Bonchev–Trinajstić information content (AvgIpc) is 2.34. The Kier molecular flexibility index (Phi) is 4.53. The Labute approximate surface area is 133 Å². The van der Waals surface area contributed by atoms with Gasteiger partial charge in [0.1, 0.15) is 15.9 Å². The number of anilines is 1. The maximum absolute atomic E-state index is 13.1. The first-order valence-electron chi connectivity index (χ1n) is 5.08. The molecule has 106 valence electrons. The zero-order valence-electron chi connectivity index (χ0n) is 9.57. The van der Waals surface area contributed by atoms with Crippen molar-refractivity contribution in [1.82, 2.24) is 4.98 Å². The maximum atomic E-state index is 13.1. The Bertz CT molecular complexity index is 731. The van der Waals surface area contributed by atoms with Gasteiger partial charge in [0.25, 0.3) is 10.0 Å².